The van der Waals surface area contributed by atoms with E-state index in [0.29, 0.717) is 72.0 Å². The Kier molecular flexibility index (Phi) is 8.57. The van der Waals surface area contributed by atoms with Crippen molar-refractivity contribution in [3.05, 3.63) is 89.7 Å². The van der Waals surface area contributed by atoms with Gasteiger partial charge in [-0.2, -0.15) is 5.26 Å². The number of hydrogen-bond acceptors (Lipinski definition) is 9. The maximum absolute atomic E-state index is 12.6. The predicted molar refractivity (Wildman–Crippen MR) is 154 cm³/mol. The Morgan fingerprint density at radius 1 is 0.976 bits per heavy atom. The predicted octanol–water partition coefficient (Wildman–Crippen LogP) is 4.45. The highest BCUT2D eigenvalue weighted by Crippen LogP contribution is 2.31. The number of nitriles is 1. The van der Waals surface area contributed by atoms with Crippen molar-refractivity contribution in [2.75, 3.05) is 52.0 Å². The minimum atomic E-state index is -0.179. The van der Waals surface area contributed by atoms with E-state index in [1.165, 1.54) is 7.11 Å². The Labute approximate surface area is 238 Å². The van der Waals surface area contributed by atoms with Crippen molar-refractivity contribution in [2.45, 2.75) is 0 Å². The second-order valence-electron chi connectivity index (χ2n) is 9.11. The summed E-state index contributed by atoms with van der Waals surface area (Å²) in [6.07, 6.45) is 1.72. The van der Waals surface area contributed by atoms with Crippen LogP contribution in [-0.2, 0) is 4.74 Å². The lowest BCUT2D eigenvalue weighted by molar-refractivity contribution is 0.0919. The fourth-order valence-corrected chi connectivity index (χ4v) is 4.44. The molecule has 4 aromatic rings. The summed E-state index contributed by atoms with van der Waals surface area (Å²) in [4.78, 5) is 14.7. The molecule has 0 spiro atoms. The normalized spacial score (nSPS) is 13.4. The lowest BCUT2D eigenvalue weighted by atomic mass is 10.1. The first-order valence-electron chi connectivity index (χ1n) is 13.0. The average Bonchev–Trinajstić information content (AvgIpc) is 3.48. The smallest absolute Gasteiger partial charge is 0.232 e. The van der Waals surface area contributed by atoms with Crippen LogP contribution in [0.2, 0.25) is 0 Å². The average molecular weight is 552 g/mol. The summed E-state index contributed by atoms with van der Waals surface area (Å²) in [5, 5.41) is 19.0. The zero-order valence-corrected chi connectivity index (χ0v) is 22.8. The number of methoxy groups -OCH3 is 2. The molecule has 5 rings (SSSR count). The van der Waals surface area contributed by atoms with Gasteiger partial charge in [-0.05, 0) is 60.2 Å². The molecule has 2 heterocycles. The van der Waals surface area contributed by atoms with Gasteiger partial charge >= 0.3 is 0 Å². The van der Waals surface area contributed by atoms with E-state index in [9.17, 15) is 10.1 Å². The summed E-state index contributed by atoms with van der Waals surface area (Å²) in [7, 11) is 3.09. The molecule has 0 unspecified atom stereocenters. The number of rotatable bonds is 10. The summed E-state index contributed by atoms with van der Waals surface area (Å²) in [6.45, 7) is 2.38. The first-order valence-corrected chi connectivity index (χ1v) is 13.0. The molecular formula is C31H29N5O5. The molecule has 0 radical (unpaired) electrons. The van der Waals surface area contributed by atoms with Crippen LogP contribution in [0.15, 0.2) is 72.8 Å². The number of hydrogen-bond donors (Lipinski definition) is 0. The van der Waals surface area contributed by atoms with E-state index < -0.39 is 0 Å². The van der Waals surface area contributed by atoms with E-state index in [1.807, 2.05) is 34.9 Å². The summed E-state index contributed by atoms with van der Waals surface area (Å²) in [5.74, 6) is 2.40. The SMILES string of the molecule is COc1ccc(C(=O)COc2ccc(/C=C(/C#N)c3nnc(N4CCOCC4)n3-c3ccccc3)cc2OC)cc1. The number of anilines is 1. The van der Waals surface area contributed by atoms with E-state index in [0.717, 1.165) is 5.69 Å². The van der Waals surface area contributed by atoms with Gasteiger partial charge in [0, 0.05) is 18.7 Å². The van der Waals surface area contributed by atoms with Gasteiger partial charge < -0.3 is 23.8 Å². The van der Waals surface area contributed by atoms with E-state index in [2.05, 4.69) is 21.2 Å². The molecule has 10 heteroatoms. The minimum absolute atomic E-state index is 0.161. The number of ketones is 1. The van der Waals surface area contributed by atoms with Crippen LogP contribution >= 0.6 is 0 Å². The zero-order chi connectivity index (χ0) is 28.6. The van der Waals surface area contributed by atoms with Crippen LogP contribution in [0.3, 0.4) is 0 Å². The first-order chi connectivity index (χ1) is 20.1. The van der Waals surface area contributed by atoms with Gasteiger partial charge in [-0.25, -0.2) is 0 Å². The number of para-hydroxylation sites is 1. The topological polar surface area (TPSA) is 112 Å². The lowest BCUT2D eigenvalue weighted by Gasteiger charge is -2.28. The van der Waals surface area contributed by atoms with E-state index in [1.54, 1.807) is 55.7 Å². The van der Waals surface area contributed by atoms with E-state index >= 15 is 0 Å². The van der Waals surface area contributed by atoms with Gasteiger partial charge in [-0.1, -0.05) is 24.3 Å². The number of aromatic nitrogens is 3. The van der Waals surface area contributed by atoms with Crippen molar-refractivity contribution in [2.24, 2.45) is 0 Å². The maximum Gasteiger partial charge on any atom is 0.232 e. The Bertz CT molecular complexity index is 1570. The maximum atomic E-state index is 12.6. The molecule has 0 amide bonds. The molecular weight excluding hydrogens is 522 g/mol. The molecule has 0 atom stereocenters. The van der Waals surface area contributed by atoms with Gasteiger partial charge in [0.1, 0.15) is 11.8 Å². The number of nitrogens with zero attached hydrogens (tertiary/aromatic N) is 5. The van der Waals surface area contributed by atoms with Crippen LogP contribution in [0.1, 0.15) is 21.7 Å². The molecule has 0 bridgehead atoms. The van der Waals surface area contributed by atoms with Crippen molar-refractivity contribution in [3.8, 4) is 29.0 Å². The molecule has 3 aromatic carbocycles. The molecule has 0 aliphatic carbocycles. The van der Waals surface area contributed by atoms with Gasteiger partial charge in [0.25, 0.3) is 0 Å². The zero-order valence-electron chi connectivity index (χ0n) is 22.8. The van der Waals surface area contributed by atoms with Crippen molar-refractivity contribution >= 4 is 23.4 Å². The number of benzene rings is 3. The summed E-state index contributed by atoms with van der Waals surface area (Å²) >= 11 is 0. The Morgan fingerprint density at radius 3 is 2.41 bits per heavy atom. The highest BCUT2D eigenvalue weighted by molar-refractivity contribution is 5.97. The minimum Gasteiger partial charge on any atom is -0.497 e. The lowest BCUT2D eigenvalue weighted by Crippen LogP contribution is -2.38. The molecule has 0 N–H and O–H groups in total. The fraction of sp³-hybridized carbons (Fsp3) is 0.226. The Hall–Kier alpha value is -5.14. The number of allylic oxidation sites excluding steroid dienone is 1. The van der Waals surface area contributed by atoms with Crippen molar-refractivity contribution in [1.82, 2.24) is 14.8 Å². The number of carbonyl (C=O) groups excluding carboxylic acids is 1. The van der Waals surface area contributed by atoms with Crippen molar-refractivity contribution < 1.29 is 23.7 Å². The van der Waals surface area contributed by atoms with E-state index in [4.69, 9.17) is 18.9 Å². The van der Waals surface area contributed by atoms with Crippen LogP contribution in [0.4, 0.5) is 5.95 Å². The second kappa shape index (κ2) is 12.8. The third kappa shape index (κ3) is 6.21. The summed E-state index contributed by atoms with van der Waals surface area (Å²) in [5.41, 5.74) is 2.38. The van der Waals surface area contributed by atoms with Crippen molar-refractivity contribution in [1.29, 1.82) is 5.26 Å². The number of Topliss-reactive ketones (excluding diaryl/α,β-unsaturated/α-hetero) is 1. The van der Waals surface area contributed by atoms with Crippen LogP contribution in [0.5, 0.6) is 17.2 Å². The molecule has 10 nitrogen and oxygen atoms in total. The number of ether oxygens (including phenoxy) is 4. The number of morpholine rings is 1. The molecule has 1 aromatic heterocycles. The third-order valence-corrected chi connectivity index (χ3v) is 6.59. The first kappa shape index (κ1) is 27.4. The van der Waals surface area contributed by atoms with Crippen LogP contribution in [0.25, 0.3) is 17.3 Å². The van der Waals surface area contributed by atoms with Gasteiger partial charge in [-0.3, -0.25) is 9.36 Å². The van der Waals surface area contributed by atoms with Gasteiger partial charge in [-0.15, -0.1) is 10.2 Å². The van der Waals surface area contributed by atoms with Crippen LogP contribution < -0.4 is 19.1 Å². The van der Waals surface area contributed by atoms with Crippen LogP contribution in [-0.4, -0.2) is 67.7 Å². The van der Waals surface area contributed by atoms with Gasteiger partial charge in [0.2, 0.25) is 5.95 Å². The summed E-state index contributed by atoms with van der Waals surface area (Å²) < 4.78 is 23.9. The quantitative estimate of drug-likeness (QED) is 0.208. The van der Waals surface area contributed by atoms with Gasteiger partial charge in [0.05, 0.1) is 38.7 Å². The molecule has 1 fully saturated rings. The Morgan fingerprint density at radius 2 is 1.73 bits per heavy atom. The van der Waals surface area contributed by atoms with Crippen LogP contribution in [0, 0.1) is 11.3 Å². The molecule has 208 valence electrons. The highest BCUT2D eigenvalue weighted by Gasteiger charge is 2.23. The Balaban J connectivity index is 1.41. The monoisotopic (exact) mass is 551 g/mol. The molecule has 1 aliphatic rings. The highest BCUT2D eigenvalue weighted by atomic mass is 16.5. The van der Waals surface area contributed by atoms with E-state index in [-0.39, 0.29) is 12.4 Å². The standard InChI is InChI=1S/C31H29N5O5/c1-38-26-11-9-23(10-12-26)27(37)21-41-28-13-8-22(19-29(28)39-2)18-24(20-32)30-33-34-31(35-14-16-40-17-15-35)36(30)25-6-4-3-5-7-25/h3-13,18-19H,14-17,21H2,1-2H3/b24-18-. The third-order valence-electron chi connectivity index (χ3n) is 6.59. The molecule has 0 saturated carbocycles. The van der Waals surface area contributed by atoms with Gasteiger partial charge in [0.15, 0.2) is 29.7 Å². The largest absolute Gasteiger partial charge is 0.497 e. The van der Waals surface area contributed by atoms with Crippen molar-refractivity contribution in [3.63, 3.8) is 0 Å². The molecule has 1 saturated heterocycles. The number of carbonyl (C=O) groups is 1. The molecule has 1 aliphatic heterocycles. The molecule has 41 heavy (non-hydrogen) atoms. The summed E-state index contributed by atoms with van der Waals surface area (Å²) in [6, 6.07) is 24.1. The fourth-order valence-electron chi connectivity index (χ4n) is 4.44. The second-order valence-corrected chi connectivity index (χ2v) is 9.11.